The molecule has 0 spiro atoms. The van der Waals surface area contributed by atoms with E-state index < -0.39 is 0 Å². The largest absolute Gasteiger partial charge is 0.465 e. The number of nitrogens with zero attached hydrogens (tertiary/aromatic N) is 2. The molecule has 0 aliphatic heterocycles. The second kappa shape index (κ2) is 8.16. The number of ether oxygens (including phenoxy) is 1. The quantitative estimate of drug-likeness (QED) is 0.430. The average Bonchev–Trinajstić information content (AvgIpc) is 2.98. The van der Waals surface area contributed by atoms with Gasteiger partial charge in [0.05, 0.1) is 24.3 Å². The minimum atomic E-state index is -0.365. The number of aromatic nitrogens is 1. The molecule has 0 atom stereocenters. The Labute approximate surface area is 169 Å². The predicted molar refractivity (Wildman–Crippen MR) is 112 cm³/mol. The maximum absolute atomic E-state index is 11.6. The van der Waals surface area contributed by atoms with Crippen LogP contribution in [0.2, 0.25) is 5.02 Å². The first kappa shape index (κ1) is 19.5. The first-order chi connectivity index (χ1) is 13.4. The van der Waals surface area contributed by atoms with E-state index in [4.69, 9.17) is 16.3 Å². The van der Waals surface area contributed by atoms with Crippen molar-refractivity contribution >= 4 is 29.2 Å². The van der Waals surface area contributed by atoms with Crippen LogP contribution >= 0.6 is 11.6 Å². The van der Waals surface area contributed by atoms with Gasteiger partial charge in [0, 0.05) is 22.1 Å². The highest BCUT2D eigenvalue weighted by Crippen LogP contribution is 2.26. The SMILES string of the molecule is COC(=O)c1ccc(-n2c(C)cc(/C=C(/C#N)c3cccc(Cl)c3)c2C)cc1. The molecule has 140 valence electrons. The molecule has 0 fully saturated rings. The van der Waals surface area contributed by atoms with Crippen molar-refractivity contribution in [3.8, 4) is 11.8 Å². The normalized spacial score (nSPS) is 11.2. The maximum atomic E-state index is 11.6. The monoisotopic (exact) mass is 390 g/mol. The molecule has 0 N–H and O–H groups in total. The fourth-order valence-corrected chi connectivity index (χ4v) is 3.38. The van der Waals surface area contributed by atoms with Crippen molar-refractivity contribution in [1.82, 2.24) is 4.57 Å². The first-order valence-electron chi connectivity index (χ1n) is 8.70. The van der Waals surface area contributed by atoms with Gasteiger partial charge in [-0.05, 0) is 73.5 Å². The van der Waals surface area contributed by atoms with E-state index in [1.165, 1.54) is 7.11 Å². The van der Waals surface area contributed by atoms with Crippen molar-refractivity contribution < 1.29 is 9.53 Å². The van der Waals surface area contributed by atoms with Crippen LogP contribution in [-0.2, 0) is 4.74 Å². The number of nitriles is 1. The lowest BCUT2D eigenvalue weighted by molar-refractivity contribution is 0.0601. The summed E-state index contributed by atoms with van der Waals surface area (Å²) in [5.41, 5.74) is 5.73. The number of halogens is 1. The minimum absolute atomic E-state index is 0.365. The third-order valence-corrected chi connectivity index (χ3v) is 4.81. The molecule has 0 saturated heterocycles. The molecule has 28 heavy (non-hydrogen) atoms. The summed E-state index contributed by atoms with van der Waals surface area (Å²) in [6.45, 7) is 4.00. The standard InChI is InChI=1S/C23H19ClN2O2/c1-15-11-19(12-20(14-25)18-5-4-6-21(24)13-18)16(2)26(15)22-9-7-17(8-10-22)23(27)28-3/h4-13H,1-3H3/b20-12-. The second-order valence-corrected chi connectivity index (χ2v) is 6.82. The van der Waals surface area contributed by atoms with E-state index >= 15 is 0 Å². The summed E-state index contributed by atoms with van der Waals surface area (Å²) in [6.07, 6.45) is 1.87. The Morgan fingerprint density at radius 2 is 1.82 bits per heavy atom. The van der Waals surface area contributed by atoms with E-state index in [9.17, 15) is 10.1 Å². The molecule has 0 radical (unpaired) electrons. The molecule has 5 heteroatoms. The Hall–Kier alpha value is -3.29. The van der Waals surface area contributed by atoms with Crippen molar-refractivity contribution in [2.45, 2.75) is 13.8 Å². The zero-order valence-electron chi connectivity index (χ0n) is 15.9. The van der Waals surface area contributed by atoms with Crippen LogP contribution in [0.25, 0.3) is 17.3 Å². The topological polar surface area (TPSA) is 55.0 Å². The molecule has 0 aliphatic rings. The Balaban J connectivity index is 2.02. The smallest absolute Gasteiger partial charge is 0.337 e. The van der Waals surface area contributed by atoms with Crippen LogP contribution in [0.5, 0.6) is 0 Å². The van der Waals surface area contributed by atoms with E-state index in [2.05, 4.69) is 10.6 Å². The molecule has 1 aromatic heterocycles. The lowest BCUT2D eigenvalue weighted by atomic mass is 10.0. The molecular formula is C23H19ClN2O2. The van der Waals surface area contributed by atoms with E-state index in [-0.39, 0.29) is 5.97 Å². The summed E-state index contributed by atoms with van der Waals surface area (Å²) in [7, 11) is 1.36. The van der Waals surface area contributed by atoms with Crippen LogP contribution in [-0.4, -0.2) is 17.6 Å². The highest BCUT2D eigenvalue weighted by molar-refractivity contribution is 6.30. The molecule has 0 unspecified atom stereocenters. The van der Waals surface area contributed by atoms with Gasteiger partial charge >= 0.3 is 5.97 Å². The van der Waals surface area contributed by atoms with Gasteiger partial charge in [-0.3, -0.25) is 0 Å². The molecule has 1 heterocycles. The van der Waals surface area contributed by atoms with Crippen molar-refractivity contribution in [3.05, 3.63) is 87.7 Å². The molecule has 3 rings (SSSR count). The Morgan fingerprint density at radius 1 is 1.11 bits per heavy atom. The van der Waals surface area contributed by atoms with Crippen LogP contribution < -0.4 is 0 Å². The van der Waals surface area contributed by atoms with Gasteiger partial charge in [-0.1, -0.05) is 23.7 Å². The molecule has 0 bridgehead atoms. The van der Waals surface area contributed by atoms with Gasteiger partial charge in [-0.15, -0.1) is 0 Å². The summed E-state index contributed by atoms with van der Waals surface area (Å²) < 4.78 is 6.83. The zero-order chi connectivity index (χ0) is 20.3. The zero-order valence-corrected chi connectivity index (χ0v) is 16.6. The number of esters is 1. The van der Waals surface area contributed by atoms with Gasteiger partial charge in [0.25, 0.3) is 0 Å². The molecule has 4 nitrogen and oxygen atoms in total. The highest BCUT2D eigenvalue weighted by atomic mass is 35.5. The van der Waals surface area contributed by atoms with Crippen molar-refractivity contribution in [1.29, 1.82) is 5.26 Å². The minimum Gasteiger partial charge on any atom is -0.465 e. The van der Waals surface area contributed by atoms with Gasteiger partial charge in [0.15, 0.2) is 0 Å². The number of rotatable bonds is 4. The first-order valence-corrected chi connectivity index (χ1v) is 9.08. The van der Waals surface area contributed by atoms with Gasteiger partial charge in [0.1, 0.15) is 0 Å². The fourth-order valence-electron chi connectivity index (χ4n) is 3.19. The average molecular weight is 391 g/mol. The van der Waals surface area contributed by atoms with E-state index in [1.807, 2.05) is 50.3 Å². The molecule has 0 amide bonds. The Morgan fingerprint density at radius 3 is 2.43 bits per heavy atom. The number of carbonyl (C=O) groups excluding carboxylic acids is 1. The number of methoxy groups -OCH3 is 1. The number of aryl methyl sites for hydroxylation is 1. The Bertz CT molecular complexity index is 1100. The van der Waals surface area contributed by atoms with Crippen LogP contribution in [0.4, 0.5) is 0 Å². The molecule has 0 saturated carbocycles. The molecule has 3 aromatic rings. The number of hydrogen-bond donors (Lipinski definition) is 0. The number of allylic oxidation sites excluding steroid dienone is 1. The lowest BCUT2D eigenvalue weighted by Crippen LogP contribution is -2.03. The van der Waals surface area contributed by atoms with Gasteiger partial charge < -0.3 is 9.30 Å². The predicted octanol–water partition coefficient (Wildman–Crippen LogP) is 5.60. The van der Waals surface area contributed by atoms with Crippen molar-refractivity contribution in [2.75, 3.05) is 7.11 Å². The van der Waals surface area contributed by atoms with Gasteiger partial charge in [-0.25, -0.2) is 4.79 Å². The molecular weight excluding hydrogens is 372 g/mol. The third kappa shape index (κ3) is 3.85. The van der Waals surface area contributed by atoms with E-state index in [0.717, 1.165) is 28.2 Å². The molecule has 0 aliphatic carbocycles. The summed E-state index contributed by atoms with van der Waals surface area (Å²) in [4.78, 5) is 11.6. The van der Waals surface area contributed by atoms with Crippen LogP contribution in [0.1, 0.15) is 32.9 Å². The summed E-state index contributed by atoms with van der Waals surface area (Å²) in [6, 6.07) is 18.8. The van der Waals surface area contributed by atoms with Crippen molar-refractivity contribution in [3.63, 3.8) is 0 Å². The number of benzene rings is 2. The van der Waals surface area contributed by atoms with Crippen molar-refractivity contribution in [2.24, 2.45) is 0 Å². The van der Waals surface area contributed by atoms with Crippen LogP contribution in [0, 0.1) is 25.2 Å². The van der Waals surface area contributed by atoms with E-state index in [0.29, 0.717) is 16.2 Å². The number of hydrogen-bond acceptors (Lipinski definition) is 3. The fraction of sp³-hybridized carbons (Fsp3) is 0.130. The second-order valence-electron chi connectivity index (χ2n) is 6.38. The Kier molecular flexibility index (Phi) is 5.67. The van der Waals surface area contributed by atoms with E-state index in [1.54, 1.807) is 24.3 Å². The highest BCUT2D eigenvalue weighted by Gasteiger charge is 2.12. The van der Waals surface area contributed by atoms with Gasteiger partial charge in [0.2, 0.25) is 0 Å². The maximum Gasteiger partial charge on any atom is 0.337 e. The van der Waals surface area contributed by atoms with Crippen LogP contribution in [0.15, 0.2) is 54.6 Å². The summed E-state index contributed by atoms with van der Waals surface area (Å²) in [5, 5.41) is 10.2. The number of carbonyl (C=O) groups is 1. The third-order valence-electron chi connectivity index (χ3n) is 4.57. The summed E-state index contributed by atoms with van der Waals surface area (Å²) in [5.74, 6) is -0.365. The summed E-state index contributed by atoms with van der Waals surface area (Å²) >= 11 is 6.06. The lowest BCUT2D eigenvalue weighted by Gasteiger charge is -2.10. The molecule has 2 aromatic carbocycles. The van der Waals surface area contributed by atoms with Gasteiger partial charge in [-0.2, -0.15) is 5.26 Å². The van der Waals surface area contributed by atoms with Crippen LogP contribution in [0.3, 0.4) is 0 Å².